The van der Waals surface area contributed by atoms with Crippen molar-refractivity contribution in [3.63, 3.8) is 0 Å². The zero-order chi connectivity index (χ0) is 13.7. The summed E-state index contributed by atoms with van der Waals surface area (Å²) in [5.41, 5.74) is 1.24. The second-order valence-corrected chi connectivity index (χ2v) is 5.26. The summed E-state index contributed by atoms with van der Waals surface area (Å²) in [4.78, 5) is 0. The monoisotopic (exact) mass is 325 g/mol. The van der Waals surface area contributed by atoms with Gasteiger partial charge in [-0.3, -0.25) is 0 Å². The maximum atomic E-state index is 5.57. The predicted molar refractivity (Wildman–Crippen MR) is 81.3 cm³/mol. The van der Waals surface area contributed by atoms with E-state index in [4.69, 9.17) is 9.47 Å². The molecule has 0 unspecified atom stereocenters. The van der Waals surface area contributed by atoms with E-state index < -0.39 is 0 Å². The van der Waals surface area contributed by atoms with E-state index in [2.05, 4.69) is 51.0 Å². The van der Waals surface area contributed by atoms with Crippen LogP contribution >= 0.6 is 15.9 Å². The van der Waals surface area contributed by atoms with Crippen LogP contribution in [0.3, 0.4) is 0 Å². The zero-order valence-corrected chi connectivity index (χ0v) is 13.0. The van der Waals surface area contributed by atoms with Gasteiger partial charge in [0.2, 0.25) is 0 Å². The van der Waals surface area contributed by atoms with Crippen LogP contribution in [0, 0.1) is 0 Å². The fourth-order valence-electron chi connectivity index (χ4n) is 2.18. The fourth-order valence-corrected chi connectivity index (χ4v) is 2.53. The van der Waals surface area contributed by atoms with E-state index in [-0.39, 0.29) is 6.29 Å². The van der Waals surface area contributed by atoms with Gasteiger partial charge in [0.25, 0.3) is 0 Å². The molecule has 1 aromatic heterocycles. The van der Waals surface area contributed by atoms with Gasteiger partial charge in [-0.2, -0.15) is 0 Å². The van der Waals surface area contributed by atoms with Crippen LogP contribution in [0.5, 0.6) is 0 Å². The Morgan fingerprint density at radius 2 is 1.89 bits per heavy atom. The first-order valence-electron chi connectivity index (χ1n) is 6.72. The van der Waals surface area contributed by atoms with Crippen molar-refractivity contribution in [3.05, 3.63) is 34.9 Å². The Balaban J connectivity index is 2.06. The van der Waals surface area contributed by atoms with Gasteiger partial charge >= 0.3 is 0 Å². The van der Waals surface area contributed by atoms with Crippen molar-refractivity contribution in [2.24, 2.45) is 0 Å². The Morgan fingerprint density at radius 1 is 1.16 bits per heavy atom. The molecule has 0 aliphatic carbocycles. The van der Waals surface area contributed by atoms with Gasteiger partial charge in [-0.05, 0) is 37.4 Å². The molecular weight excluding hydrogens is 306 g/mol. The molecule has 4 heteroatoms. The van der Waals surface area contributed by atoms with Crippen molar-refractivity contribution in [1.29, 1.82) is 0 Å². The average Bonchev–Trinajstić information content (AvgIpc) is 2.79. The van der Waals surface area contributed by atoms with E-state index in [1.54, 1.807) is 0 Å². The maximum Gasteiger partial charge on any atom is 0.159 e. The van der Waals surface area contributed by atoms with Gasteiger partial charge < -0.3 is 14.0 Å². The number of fused-ring (bicyclic) bond motifs is 1. The summed E-state index contributed by atoms with van der Waals surface area (Å²) in [6, 6.07) is 8.47. The van der Waals surface area contributed by atoms with Crippen molar-refractivity contribution in [2.45, 2.75) is 33.1 Å². The van der Waals surface area contributed by atoms with E-state index in [0.717, 1.165) is 17.4 Å². The summed E-state index contributed by atoms with van der Waals surface area (Å²) >= 11 is 3.52. The summed E-state index contributed by atoms with van der Waals surface area (Å²) in [7, 11) is 0. The molecule has 0 N–H and O–H groups in total. The number of hydrogen-bond donors (Lipinski definition) is 0. The van der Waals surface area contributed by atoms with Gasteiger partial charge in [-0.1, -0.05) is 22.0 Å². The SMILES string of the molecule is CCOC(CCn1ccc2ccc(Br)cc21)OCC. The summed E-state index contributed by atoms with van der Waals surface area (Å²) in [5, 5.41) is 1.26. The fraction of sp³-hybridized carbons (Fsp3) is 0.467. The topological polar surface area (TPSA) is 23.4 Å². The summed E-state index contributed by atoms with van der Waals surface area (Å²) in [6.07, 6.45) is 2.86. The van der Waals surface area contributed by atoms with Gasteiger partial charge in [0.1, 0.15) is 0 Å². The van der Waals surface area contributed by atoms with Gasteiger partial charge in [0.05, 0.1) is 0 Å². The molecule has 1 aromatic carbocycles. The molecule has 3 nitrogen and oxygen atoms in total. The minimum atomic E-state index is -0.111. The number of hydrogen-bond acceptors (Lipinski definition) is 2. The largest absolute Gasteiger partial charge is 0.353 e. The molecule has 0 atom stereocenters. The lowest BCUT2D eigenvalue weighted by atomic mass is 10.2. The first kappa shape index (κ1) is 14.6. The molecular formula is C15H20BrNO2. The lowest BCUT2D eigenvalue weighted by molar-refractivity contribution is -0.140. The lowest BCUT2D eigenvalue weighted by Crippen LogP contribution is -2.19. The molecule has 0 amide bonds. The molecule has 0 saturated heterocycles. The number of benzene rings is 1. The van der Waals surface area contributed by atoms with Crippen LogP contribution in [0.1, 0.15) is 20.3 Å². The third-order valence-electron chi connectivity index (χ3n) is 3.05. The van der Waals surface area contributed by atoms with Crippen LogP contribution in [0.15, 0.2) is 34.9 Å². The Kier molecular flexibility index (Phi) is 5.43. The Morgan fingerprint density at radius 3 is 2.58 bits per heavy atom. The van der Waals surface area contributed by atoms with Gasteiger partial charge in [-0.15, -0.1) is 0 Å². The molecule has 0 radical (unpaired) electrons. The summed E-state index contributed by atoms with van der Waals surface area (Å²) in [5.74, 6) is 0. The van der Waals surface area contributed by atoms with Crippen molar-refractivity contribution in [3.8, 4) is 0 Å². The van der Waals surface area contributed by atoms with Gasteiger partial charge in [0, 0.05) is 42.4 Å². The molecule has 0 saturated carbocycles. The van der Waals surface area contributed by atoms with Crippen LogP contribution in [0.25, 0.3) is 10.9 Å². The van der Waals surface area contributed by atoms with Crippen molar-refractivity contribution >= 4 is 26.8 Å². The van der Waals surface area contributed by atoms with Gasteiger partial charge in [0.15, 0.2) is 6.29 Å². The van der Waals surface area contributed by atoms with E-state index in [1.807, 2.05) is 13.8 Å². The minimum absolute atomic E-state index is 0.111. The molecule has 2 rings (SSSR count). The Bertz CT molecular complexity index is 518. The summed E-state index contributed by atoms with van der Waals surface area (Å²) < 4.78 is 14.5. The molecule has 0 fully saturated rings. The van der Waals surface area contributed by atoms with Crippen molar-refractivity contribution < 1.29 is 9.47 Å². The number of aromatic nitrogens is 1. The standard InChI is InChI=1S/C15H20BrNO2/c1-3-18-15(19-4-2)8-10-17-9-7-12-5-6-13(16)11-14(12)17/h5-7,9,11,15H,3-4,8,10H2,1-2H3. The van der Waals surface area contributed by atoms with Crippen LogP contribution in [-0.4, -0.2) is 24.1 Å². The normalized spacial score (nSPS) is 11.6. The third kappa shape index (κ3) is 3.81. The van der Waals surface area contributed by atoms with Gasteiger partial charge in [-0.25, -0.2) is 0 Å². The highest BCUT2D eigenvalue weighted by molar-refractivity contribution is 9.10. The maximum absolute atomic E-state index is 5.57. The number of nitrogens with zero attached hydrogens (tertiary/aromatic N) is 1. The highest BCUT2D eigenvalue weighted by atomic mass is 79.9. The molecule has 2 aromatic rings. The van der Waals surface area contributed by atoms with E-state index in [1.165, 1.54) is 10.9 Å². The predicted octanol–water partition coefficient (Wildman–Crippen LogP) is 4.19. The second-order valence-electron chi connectivity index (χ2n) is 4.34. The molecule has 0 aliphatic heterocycles. The molecule has 104 valence electrons. The number of ether oxygens (including phenoxy) is 2. The first-order chi connectivity index (χ1) is 9.24. The third-order valence-corrected chi connectivity index (χ3v) is 3.54. The highest BCUT2D eigenvalue weighted by Crippen LogP contribution is 2.21. The van der Waals surface area contributed by atoms with Crippen LogP contribution in [0.2, 0.25) is 0 Å². The van der Waals surface area contributed by atoms with Crippen LogP contribution < -0.4 is 0 Å². The molecule has 19 heavy (non-hydrogen) atoms. The smallest absolute Gasteiger partial charge is 0.159 e. The molecule has 0 spiro atoms. The zero-order valence-electron chi connectivity index (χ0n) is 11.4. The quantitative estimate of drug-likeness (QED) is 0.712. The van der Waals surface area contributed by atoms with E-state index >= 15 is 0 Å². The van der Waals surface area contributed by atoms with Crippen molar-refractivity contribution in [1.82, 2.24) is 4.57 Å². The highest BCUT2D eigenvalue weighted by Gasteiger charge is 2.09. The first-order valence-corrected chi connectivity index (χ1v) is 7.51. The number of halogens is 1. The van der Waals surface area contributed by atoms with Crippen LogP contribution in [-0.2, 0) is 16.0 Å². The van der Waals surface area contributed by atoms with Crippen molar-refractivity contribution in [2.75, 3.05) is 13.2 Å². The average molecular weight is 326 g/mol. The Labute approximate surface area is 122 Å². The molecule has 0 aliphatic rings. The second kappa shape index (κ2) is 7.08. The minimum Gasteiger partial charge on any atom is -0.353 e. The summed E-state index contributed by atoms with van der Waals surface area (Å²) in [6.45, 7) is 6.25. The number of rotatable bonds is 7. The lowest BCUT2D eigenvalue weighted by Gasteiger charge is -2.17. The van der Waals surface area contributed by atoms with E-state index in [9.17, 15) is 0 Å². The van der Waals surface area contributed by atoms with Crippen LogP contribution in [0.4, 0.5) is 0 Å². The number of aryl methyl sites for hydroxylation is 1. The molecule has 1 heterocycles. The molecule has 0 bridgehead atoms. The Hall–Kier alpha value is -0.840. The van der Waals surface area contributed by atoms with E-state index in [0.29, 0.717) is 13.2 Å².